The van der Waals surface area contributed by atoms with Crippen molar-refractivity contribution in [3.05, 3.63) is 30.3 Å². The van der Waals surface area contributed by atoms with Crippen LogP contribution in [0.3, 0.4) is 0 Å². The molecule has 1 aromatic heterocycles. The van der Waals surface area contributed by atoms with Crippen LogP contribution in [0.2, 0.25) is 0 Å². The second kappa shape index (κ2) is 6.86. The van der Waals surface area contributed by atoms with Gasteiger partial charge in [0.15, 0.2) is 0 Å². The average Bonchev–Trinajstić information content (AvgIpc) is 2.54. The van der Waals surface area contributed by atoms with Crippen LogP contribution in [0, 0.1) is 11.8 Å². The largest absolute Gasteiger partial charge is 0.493 e. The van der Waals surface area contributed by atoms with E-state index in [-0.39, 0.29) is 23.3 Å². The molecule has 1 aliphatic rings. The number of aromatic hydroxyl groups is 1. The number of nitrogens with two attached hydrogens (primary N) is 1. The summed E-state index contributed by atoms with van der Waals surface area (Å²) in [5.41, 5.74) is 4.38. The third-order valence-electron chi connectivity index (χ3n) is 4.02. The number of pyridine rings is 1. The number of piperazine rings is 1. The number of amides is 3. The molecule has 2 rings (SSSR count). The van der Waals surface area contributed by atoms with E-state index in [2.05, 4.69) is 4.98 Å². The van der Waals surface area contributed by atoms with Gasteiger partial charge in [0.2, 0.25) is 17.7 Å². The Morgan fingerprint density at radius 3 is 2.33 bits per heavy atom. The van der Waals surface area contributed by atoms with Gasteiger partial charge >= 0.3 is 0 Å². The lowest BCUT2D eigenvalue weighted by Crippen LogP contribution is -2.52. The fourth-order valence-electron chi connectivity index (χ4n) is 2.34. The highest BCUT2D eigenvalue weighted by Crippen LogP contribution is 2.21. The number of rotatable bonds is 4. The molecular weight excluding hydrogens is 312 g/mol. The zero-order valence-electron chi connectivity index (χ0n) is 13.7. The molecule has 3 amide bonds. The summed E-state index contributed by atoms with van der Waals surface area (Å²) in [6.07, 6.45) is 2.71. The maximum Gasteiger partial charge on any atom is 0.259 e. The fraction of sp³-hybridized carbons (Fsp3) is 0.438. The van der Waals surface area contributed by atoms with E-state index in [9.17, 15) is 19.5 Å². The maximum absolute atomic E-state index is 12.4. The van der Waals surface area contributed by atoms with E-state index in [4.69, 9.17) is 5.73 Å². The molecule has 0 unspecified atom stereocenters. The fourth-order valence-corrected chi connectivity index (χ4v) is 2.34. The Kier molecular flexibility index (Phi) is 5.06. The summed E-state index contributed by atoms with van der Waals surface area (Å²) in [7, 11) is 0. The van der Waals surface area contributed by atoms with Crippen LogP contribution < -0.4 is 5.73 Å². The Hall–Kier alpha value is -2.64. The molecule has 0 bridgehead atoms. The van der Waals surface area contributed by atoms with Gasteiger partial charge in [0.05, 0.1) is 11.8 Å². The van der Waals surface area contributed by atoms with Crippen molar-refractivity contribution < 1.29 is 19.5 Å². The van der Waals surface area contributed by atoms with E-state index >= 15 is 0 Å². The average molecular weight is 333 g/mol. The quantitative estimate of drug-likeness (QED) is 0.790. The van der Waals surface area contributed by atoms with Crippen LogP contribution in [0.1, 0.15) is 24.2 Å². The zero-order chi connectivity index (χ0) is 17.9. The van der Waals surface area contributed by atoms with Gasteiger partial charge in [-0.25, -0.2) is 4.98 Å². The van der Waals surface area contributed by atoms with Gasteiger partial charge < -0.3 is 20.6 Å². The predicted molar refractivity (Wildman–Crippen MR) is 85.7 cm³/mol. The lowest BCUT2D eigenvalue weighted by molar-refractivity contribution is -0.134. The maximum atomic E-state index is 12.4. The van der Waals surface area contributed by atoms with Crippen molar-refractivity contribution in [3.63, 3.8) is 0 Å². The molecule has 3 N–H and O–H groups in total. The molecule has 0 atom stereocenters. The monoisotopic (exact) mass is 333 g/mol. The van der Waals surface area contributed by atoms with E-state index in [0.717, 1.165) is 0 Å². The number of hydrogen-bond donors (Lipinski definition) is 2. The van der Waals surface area contributed by atoms with Gasteiger partial charge in [-0.15, -0.1) is 0 Å². The highest BCUT2D eigenvalue weighted by atomic mass is 16.3. The highest BCUT2D eigenvalue weighted by Gasteiger charge is 2.33. The van der Waals surface area contributed by atoms with Crippen molar-refractivity contribution in [1.29, 1.82) is 0 Å². The summed E-state index contributed by atoms with van der Waals surface area (Å²) < 4.78 is 0. The van der Waals surface area contributed by atoms with Crippen LogP contribution in [-0.2, 0) is 9.59 Å². The van der Waals surface area contributed by atoms with Crippen LogP contribution >= 0.6 is 0 Å². The molecule has 1 fully saturated rings. The van der Waals surface area contributed by atoms with E-state index in [1.54, 1.807) is 29.7 Å². The smallest absolute Gasteiger partial charge is 0.259 e. The summed E-state index contributed by atoms with van der Waals surface area (Å²) in [4.78, 5) is 42.7. The molecule has 8 heteroatoms. The summed E-state index contributed by atoms with van der Waals surface area (Å²) in [5, 5.41) is 9.66. The van der Waals surface area contributed by atoms with Crippen molar-refractivity contribution in [1.82, 2.24) is 14.8 Å². The molecule has 0 saturated carbocycles. The van der Waals surface area contributed by atoms with Gasteiger partial charge in [0.25, 0.3) is 5.91 Å². The lowest BCUT2D eigenvalue weighted by Gasteiger charge is -2.35. The Balaban J connectivity index is 1.94. The Morgan fingerprint density at radius 2 is 1.79 bits per heavy atom. The summed E-state index contributed by atoms with van der Waals surface area (Å²) in [5.74, 6) is -1.49. The Labute approximate surface area is 140 Å². The predicted octanol–water partition coefficient (Wildman–Crippen LogP) is -0.213. The van der Waals surface area contributed by atoms with Gasteiger partial charge in [0, 0.05) is 32.4 Å². The SMILES string of the molecule is CC(C)([CH]C(=O)N1CCN(C(=O)c2cccnc2O)CC1)C(N)=O. The minimum Gasteiger partial charge on any atom is -0.493 e. The first kappa shape index (κ1) is 17.7. The minimum atomic E-state index is -1.02. The van der Waals surface area contributed by atoms with E-state index < -0.39 is 11.3 Å². The molecule has 1 aromatic rings. The third kappa shape index (κ3) is 3.81. The molecule has 0 aromatic carbocycles. The summed E-state index contributed by atoms with van der Waals surface area (Å²) >= 11 is 0. The van der Waals surface area contributed by atoms with Crippen LogP contribution in [0.25, 0.3) is 0 Å². The van der Waals surface area contributed by atoms with Crippen molar-refractivity contribution >= 4 is 17.7 Å². The number of hydrogen-bond acceptors (Lipinski definition) is 5. The molecule has 1 saturated heterocycles. The standard InChI is InChI=1S/C16H21N4O4/c1-16(2,15(17)24)10-12(21)19-6-8-20(9-7-19)14(23)11-4-3-5-18-13(11)22/h3-5,10H,6-9H2,1-2H3,(H2,17,24)(H,18,22). The molecule has 2 heterocycles. The molecule has 0 aliphatic carbocycles. The summed E-state index contributed by atoms with van der Waals surface area (Å²) in [6, 6.07) is 3.08. The molecule has 129 valence electrons. The first-order valence-corrected chi connectivity index (χ1v) is 7.60. The van der Waals surface area contributed by atoms with Crippen LogP contribution in [0.4, 0.5) is 0 Å². The van der Waals surface area contributed by atoms with Crippen LogP contribution in [0.5, 0.6) is 5.88 Å². The lowest BCUT2D eigenvalue weighted by atomic mass is 9.88. The van der Waals surface area contributed by atoms with Crippen LogP contribution in [0.15, 0.2) is 18.3 Å². The van der Waals surface area contributed by atoms with Crippen molar-refractivity contribution in [2.24, 2.45) is 11.1 Å². The molecule has 0 spiro atoms. The number of primary amides is 1. The first-order chi connectivity index (χ1) is 11.2. The van der Waals surface area contributed by atoms with Crippen LogP contribution in [-0.4, -0.2) is 63.8 Å². The van der Waals surface area contributed by atoms with Crippen molar-refractivity contribution in [3.8, 4) is 5.88 Å². The molecule has 1 aliphatic heterocycles. The van der Waals surface area contributed by atoms with E-state index in [0.29, 0.717) is 26.2 Å². The zero-order valence-corrected chi connectivity index (χ0v) is 13.7. The number of carbonyl (C=O) groups is 3. The molecule has 8 nitrogen and oxygen atoms in total. The van der Waals surface area contributed by atoms with E-state index in [1.807, 2.05) is 0 Å². The molecular formula is C16H21N4O4. The number of nitrogens with zero attached hydrogens (tertiary/aromatic N) is 3. The highest BCUT2D eigenvalue weighted by molar-refractivity contribution is 5.97. The topological polar surface area (TPSA) is 117 Å². The number of aromatic nitrogens is 1. The van der Waals surface area contributed by atoms with Gasteiger partial charge in [-0.1, -0.05) is 13.8 Å². The third-order valence-corrected chi connectivity index (χ3v) is 4.02. The second-order valence-electron chi connectivity index (χ2n) is 6.22. The van der Waals surface area contributed by atoms with Gasteiger partial charge in [0.1, 0.15) is 5.56 Å². The van der Waals surface area contributed by atoms with Gasteiger partial charge in [-0.2, -0.15) is 0 Å². The minimum absolute atomic E-state index is 0.138. The Bertz CT molecular complexity index is 651. The molecule has 1 radical (unpaired) electrons. The van der Waals surface area contributed by atoms with Crippen molar-refractivity contribution in [2.75, 3.05) is 26.2 Å². The van der Waals surface area contributed by atoms with Gasteiger partial charge in [-0.3, -0.25) is 14.4 Å². The van der Waals surface area contributed by atoms with E-state index in [1.165, 1.54) is 18.7 Å². The second-order valence-corrected chi connectivity index (χ2v) is 6.22. The normalized spacial score (nSPS) is 15.2. The summed E-state index contributed by atoms with van der Waals surface area (Å²) in [6.45, 7) is 4.53. The van der Waals surface area contributed by atoms with Gasteiger partial charge in [-0.05, 0) is 12.1 Å². The Morgan fingerprint density at radius 1 is 1.21 bits per heavy atom. The molecule has 24 heavy (non-hydrogen) atoms. The van der Waals surface area contributed by atoms with Crippen molar-refractivity contribution in [2.45, 2.75) is 13.8 Å². The first-order valence-electron chi connectivity index (χ1n) is 7.60. The number of carbonyl (C=O) groups excluding carboxylic acids is 3.